The number of aryl methyl sites for hydroxylation is 1. The topological polar surface area (TPSA) is 64.3 Å². The van der Waals surface area contributed by atoms with Gasteiger partial charge in [-0.15, -0.1) is 12.4 Å². The molecule has 0 fully saturated rings. The second-order valence-electron chi connectivity index (χ2n) is 3.90. The highest BCUT2D eigenvalue weighted by atomic mass is 35.5. The van der Waals surface area contributed by atoms with Gasteiger partial charge < -0.3 is 15.8 Å². The fourth-order valence-corrected chi connectivity index (χ4v) is 1.34. The van der Waals surface area contributed by atoms with E-state index in [-0.39, 0.29) is 18.3 Å². The average Bonchev–Trinajstić information content (AvgIpc) is 2.31. The summed E-state index contributed by atoms with van der Waals surface area (Å²) in [5, 5.41) is 2.78. The molecule has 4 nitrogen and oxygen atoms in total. The summed E-state index contributed by atoms with van der Waals surface area (Å²) in [5.41, 5.74) is 6.48. The summed E-state index contributed by atoms with van der Waals surface area (Å²) in [6.45, 7) is 3.67. The predicted molar refractivity (Wildman–Crippen MR) is 75.2 cm³/mol. The van der Waals surface area contributed by atoms with Gasteiger partial charge in [-0.3, -0.25) is 4.79 Å². The Morgan fingerprint density at radius 3 is 2.61 bits per heavy atom. The highest BCUT2D eigenvalue weighted by Gasteiger charge is 1.98. The predicted octanol–water partition coefficient (Wildman–Crippen LogP) is 1.65. The SMILES string of the molecule is Cc1ccc(OCCCNC(=O)CCN)cc1.Cl. The zero-order valence-corrected chi connectivity index (χ0v) is 11.5. The van der Waals surface area contributed by atoms with E-state index < -0.39 is 0 Å². The molecule has 1 rings (SSSR count). The number of amides is 1. The van der Waals surface area contributed by atoms with Crippen LogP contribution < -0.4 is 15.8 Å². The number of carbonyl (C=O) groups is 1. The molecule has 1 aromatic rings. The standard InChI is InChI=1S/C13H20N2O2.ClH/c1-11-3-5-12(6-4-11)17-10-2-9-15-13(16)7-8-14;/h3-6H,2,7-10,14H2,1H3,(H,15,16);1H. The first-order valence-electron chi connectivity index (χ1n) is 5.88. The summed E-state index contributed by atoms with van der Waals surface area (Å²) in [5.74, 6) is 0.867. The number of hydrogen-bond donors (Lipinski definition) is 2. The van der Waals surface area contributed by atoms with Crippen LogP contribution in [0.15, 0.2) is 24.3 Å². The number of nitrogens with two attached hydrogens (primary N) is 1. The second-order valence-corrected chi connectivity index (χ2v) is 3.90. The van der Waals surface area contributed by atoms with E-state index in [9.17, 15) is 4.79 Å². The maximum atomic E-state index is 11.1. The molecule has 0 heterocycles. The Labute approximate surface area is 114 Å². The molecule has 1 aromatic carbocycles. The molecule has 1 amide bonds. The van der Waals surface area contributed by atoms with E-state index in [1.807, 2.05) is 31.2 Å². The zero-order chi connectivity index (χ0) is 12.5. The lowest BCUT2D eigenvalue weighted by Gasteiger charge is -2.07. The molecular weight excluding hydrogens is 252 g/mol. The number of carbonyl (C=O) groups excluding carboxylic acids is 1. The molecule has 0 saturated heterocycles. The van der Waals surface area contributed by atoms with Crippen LogP contribution in [0.25, 0.3) is 0 Å². The third-order valence-corrected chi connectivity index (χ3v) is 2.30. The quantitative estimate of drug-likeness (QED) is 0.742. The molecule has 18 heavy (non-hydrogen) atoms. The molecule has 0 aliphatic carbocycles. The fraction of sp³-hybridized carbons (Fsp3) is 0.462. The smallest absolute Gasteiger partial charge is 0.221 e. The molecule has 0 bridgehead atoms. The molecular formula is C13H21ClN2O2. The monoisotopic (exact) mass is 272 g/mol. The zero-order valence-electron chi connectivity index (χ0n) is 10.6. The van der Waals surface area contributed by atoms with E-state index in [0.717, 1.165) is 12.2 Å². The summed E-state index contributed by atoms with van der Waals surface area (Å²) in [6, 6.07) is 7.92. The maximum Gasteiger partial charge on any atom is 0.221 e. The summed E-state index contributed by atoms with van der Waals surface area (Å²) in [6.07, 6.45) is 1.18. The normalized spacial score (nSPS) is 9.44. The Morgan fingerprint density at radius 2 is 2.00 bits per heavy atom. The first kappa shape index (κ1) is 16.7. The van der Waals surface area contributed by atoms with E-state index in [1.165, 1.54) is 5.56 Å². The first-order valence-corrected chi connectivity index (χ1v) is 5.88. The Hall–Kier alpha value is -1.26. The van der Waals surface area contributed by atoms with Crippen molar-refractivity contribution < 1.29 is 9.53 Å². The minimum atomic E-state index is 0. The van der Waals surface area contributed by atoms with Crippen LogP contribution in [-0.2, 0) is 4.79 Å². The Bertz CT molecular complexity index is 341. The number of ether oxygens (including phenoxy) is 1. The fourth-order valence-electron chi connectivity index (χ4n) is 1.34. The van der Waals surface area contributed by atoms with E-state index in [1.54, 1.807) is 0 Å². The van der Waals surface area contributed by atoms with Crippen LogP contribution in [0.4, 0.5) is 0 Å². The number of benzene rings is 1. The highest BCUT2D eigenvalue weighted by Crippen LogP contribution is 2.11. The minimum absolute atomic E-state index is 0. The van der Waals surface area contributed by atoms with Crippen molar-refractivity contribution in [1.82, 2.24) is 5.32 Å². The van der Waals surface area contributed by atoms with Crippen molar-refractivity contribution in [3.8, 4) is 5.75 Å². The summed E-state index contributed by atoms with van der Waals surface area (Å²) >= 11 is 0. The van der Waals surface area contributed by atoms with Crippen molar-refractivity contribution in [3.05, 3.63) is 29.8 Å². The van der Waals surface area contributed by atoms with E-state index in [2.05, 4.69) is 5.32 Å². The van der Waals surface area contributed by atoms with Gasteiger partial charge in [-0.25, -0.2) is 0 Å². The molecule has 0 aliphatic heterocycles. The molecule has 0 aromatic heterocycles. The van der Waals surface area contributed by atoms with Gasteiger partial charge in [-0.1, -0.05) is 17.7 Å². The van der Waals surface area contributed by atoms with Crippen molar-refractivity contribution in [2.45, 2.75) is 19.8 Å². The van der Waals surface area contributed by atoms with Gasteiger partial charge >= 0.3 is 0 Å². The number of hydrogen-bond acceptors (Lipinski definition) is 3. The van der Waals surface area contributed by atoms with Crippen LogP contribution in [0.5, 0.6) is 5.75 Å². The van der Waals surface area contributed by atoms with Crippen LogP contribution in [0.2, 0.25) is 0 Å². The van der Waals surface area contributed by atoms with E-state index >= 15 is 0 Å². The van der Waals surface area contributed by atoms with Gasteiger partial charge in [0.1, 0.15) is 5.75 Å². The molecule has 0 unspecified atom stereocenters. The molecule has 0 saturated carbocycles. The third kappa shape index (κ3) is 7.14. The summed E-state index contributed by atoms with van der Waals surface area (Å²) in [7, 11) is 0. The van der Waals surface area contributed by atoms with Gasteiger partial charge in [0.2, 0.25) is 5.91 Å². The van der Waals surface area contributed by atoms with Gasteiger partial charge in [0.25, 0.3) is 0 Å². The van der Waals surface area contributed by atoms with Crippen LogP contribution in [0.1, 0.15) is 18.4 Å². The Kier molecular flexibility index (Phi) is 9.06. The first-order chi connectivity index (χ1) is 8.22. The molecule has 0 aliphatic rings. The minimum Gasteiger partial charge on any atom is -0.494 e. The van der Waals surface area contributed by atoms with Gasteiger partial charge in [-0.05, 0) is 25.5 Å². The van der Waals surface area contributed by atoms with Gasteiger partial charge in [0.15, 0.2) is 0 Å². The lowest BCUT2D eigenvalue weighted by Crippen LogP contribution is -2.27. The number of halogens is 1. The summed E-state index contributed by atoms with van der Waals surface area (Å²) < 4.78 is 5.53. The second kappa shape index (κ2) is 9.74. The van der Waals surface area contributed by atoms with Crippen LogP contribution in [-0.4, -0.2) is 25.6 Å². The van der Waals surface area contributed by atoms with Gasteiger partial charge in [-0.2, -0.15) is 0 Å². The molecule has 0 atom stereocenters. The van der Waals surface area contributed by atoms with Gasteiger partial charge in [0.05, 0.1) is 6.61 Å². The Morgan fingerprint density at radius 1 is 1.33 bits per heavy atom. The van der Waals surface area contributed by atoms with Crippen molar-refractivity contribution >= 4 is 18.3 Å². The molecule has 102 valence electrons. The van der Waals surface area contributed by atoms with E-state index in [0.29, 0.717) is 26.1 Å². The lowest BCUT2D eigenvalue weighted by molar-refractivity contribution is -0.120. The lowest BCUT2D eigenvalue weighted by atomic mass is 10.2. The van der Waals surface area contributed by atoms with Crippen LogP contribution in [0, 0.1) is 6.92 Å². The number of rotatable bonds is 7. The Balaban J connectivity index is 0.00000289. The molecule has 0 spiro atoms. The maximum absolute atomic E-state index is 11.1. The van der Waals surface area contributed by atoms with Gasteiger partial charge in [0, 0.05) is 19.5 Å². The van der Waals surface area contributed by atoms with Crippen LogP contribution >= 0.6 is 12.4 Å². The average molecular weight is 273 g/mol. The molecule has 3 N–H and O–H groups in total. The highest BCUT2D eigenvalue weighted by molar-refractivity contribution is 5.85. The van der Waals surface area contributed by atoms with Crippen molar-refractivity contribution in [2.24, 2.45) is 5.73 Å². The van der Waals surface area contributed by atoms with Crippen molar-refractivity contribution in [2.75, 3.05) is 19.7 Å². The number of nitrogens with one attached hydrogen (secondary N) is 1. The summed E-state index contributed by atoms with van der Waals surface area (Å²) in [4.78, 5) is 11.1. The van der Waals surface area contributed by atoms with E-state index in [4.69, 9.17) is 10.5 Å². The molecule has 0 radical (unpaired) electrons. The van der Waals surface area contributed by atoms with Crippen molar-refractivity contribution in [1.29, 1.82) is 0 Å². The largest absolute Gasteiger partial charge is 0.494 e. The molecule has 5 heteroatoms. The van der Waals surface area contributed by atoms with Crippen LogP contribution in [0.3, 0.4) is 0 Å². The van der Waals surface area contributed by atoms with Crippen molar-refractivity contribution in [3.63, 3.8) is 0 Å². The third-order valence-electron chi connectivity index (χ3n) is 2.30.